The summed E-state index contributed by atoms with van der Waals surface area (Å²) in [5, 5.41) is 0. The highest BCUT2D eigenvalue weighted by molar-refractivity contribution is 5.77. The zero-order valence-electron chi connectivity index (χ0n) is 16.0. The molecule has 2 unspecified atom stereocenters. The minimum atomic E-state index is -0.241. The van der Waals surface area contributed by atoms with Crippen molar-refractivity contribution >= 4 is 11.9 Å². The molecule has 0 saturated heterocycles. The number of amides is 1. The van der Waals surface area contributed by atoms with Crippen molar-refractivity contribution in [2.75, 3.05) is 19.8 Å². The second kappa shape index (κ2) is 10.8. The van der Waals surface area contributed by atoms with Gasteiger partial charge < -0.3 is 14.4 Å². The first-order valence-electron chi connectivity index (χ1n) is 9.74. The molecule has 0 spiro atoms. The smallest absolute Gasteiger partial charge is 0.307 e. The van der Waals surface area contributed by atoms with E-state index in [1.807, 2.05) is 35.2 Å². The van der Waals surface area contributed by atoms with Gasteiger partial charge in [-0.1, -0.05) is 38.0 Å². The van der Waals surface area contributed by atoms with Gasteiger partial charge in [0.2, 0.25) is 5.91 Å². The van der Waals surface area contributed by atoms with Gasteiger partial charge in [0.1, 0.15) is 5.75 Å². The van der Waals surface area contributed by atoms with Crippen LogP contribution in [0.1, 0.15) is 52.4 Å². The Kier molecular flexibility index (Phi) is 8.45. The molecule has 1 saturated carbocycles. The molecule has 0 heterocycles. The fourth-order valence-corrected chi connectivity index (χ4v) is 3.60. The molecule has 0 radical (unpaired) electrons. The summed E-state index contributed by atoms with van der Waals surface area (Å²) in [7, 11) is 0. The Morgan fingerprint density at radius 3 is 2.54 bits per heavy atom. The first-order valence-corrected chi connectivity index (χ1v) is 9.74. The summed E-state index contributed by atoms with van der Waals surface area (Å²) in [5.41, 5.74) is 0. The monoisotopic (exact) mass is 361 g/mol. The van der Waals surface area contributed by atoms with Gasteiger partial charge in [0, 0.05) is 12.6 Å². The molecule has 0 N–H and O–H groups in total. The van der Waals surface area contributed by atoms with Gasteiger partial charge in [-0.2, -0.15) is 0 Å². The molecule has 1 amide bonds. The number of benzene rings is 1. The molecule has 5 nitrogen and oxygen atoms in total. The van der Waals surface area contributed by atoms with Crippen LogP contribution in [-0.2, 0) is 14.3 Å². The lowest BCUT2D eigenvalue weighted by atomic mass is 9.84. The number of carbonyl (C=O) groups excluding carboxylic acids is 2. The van der Waals surface area contributed by atoms with Crippen LogP contribution < -0.4 is 4.74 Å². The second-order valence-corrected chi connectivity index (χ2v) is 6.88. The van der Waals surface area contributed by atoms with Crippen molar-refractivity contribution in [1.29, 1.82) is 0 Å². The Hall–Kier alpha value is -2.04. The Balaban J connectivity index is 1.92. The molecule has 5 heteroatoms. The third-order valence-electron chi connectivity index (χ3n) is 4.98. The fraction of sp³-hybridized carbons (Fsp3) is 0.619. The van der Waals surface area contributed by atoms with Crippen LogP contribution in [-0.4, -0.2) is 42.6 Å². The first-order chi connectivity index (χ1) is 12.6. The lowest BCUT2D eigenvalue weighted by molar-refractivity contribution is -0.145. The lowest BCUT2D eigenvalue weighted by Gasteiger charge is -2.38. The second-order valence-electron chi connectivity index (χ2n) is 6.88. The molecule has 1 aromatic rings. The SMILES string of the molecule is CCOC(=O)CCN(C(=O)CCOc1ccccc1)C1CCCCC1C. The normalized spacial score (nSPS) is 19.6. The molecular formula is C21H31NO4. The summed E-state index contributed by atoms with van der Waals surface area (Å²) in [4.78, 5) is 26.5. The Morgan fingerprint density at radius 2 is 1.85 bits per heavy atom. The number of hydrogen-bond acceptors (Lipinski definition) is 4. The van der Waals surface area contributed by atoms with Gasteiger partial charge in [-0.05, 0) is 37.8 Å². The highest BCUT2D eigenvalue weighted by Gasteiger charge is 2.30. The maximum Gasteiger partial charge on any atom is 0.307 e. The van der Waals surface area contributed by atoms with Crippen molar-refractivity contribution in [3.05, 3.63) is 30.3 Å². The van der Waals surface area contributed by atoms with E-state index in [1.54, 1.807) is 6.92 Å². The highest BCUT2D eigenvalue weighted by atomic mass is 16.5. The van der Waals surface area contributed by atoms with Gasteiger partial charge in [-0.25, -0.2) is 0 Å². The van der Waals surface area contributed by atoms with Gasteiger partial charge in [-0.15, -0.1) is 0 Å². The molecule has 1 aliphatic carbocycles. The fourth-order valence-electron chi connectivity index (χ4n) is 3.60. The average Bonchev–Trinajstić information content (AvgIpc) is 2.64. The van der Waals surface area contributed by atoms with E-state index in [2.05, 4.69) is 6.92 Å². The van der Waals surface area contributed by atoms with Crippen LogP contribution >= 0.6 is 0 Å². The third kappa shape index (κ3) is 6.36. The van der Waals surface area contributed by atoms with E-state index in [4.69, 9.17) is 9.47 Å². The summed E-state index contributed by atoms with van der Waals surface area (Å²) in [5.74, 6) is 1.05. The molecule has 0 aliphatic heterocycles. The van der Waals surface area contributed by atoms with Gasteiger partial charge >= 0.3 is 5.97 Å². The van der Waals surface area contributed by atoms with Gasteiger partial charge in [-0.3, -0.25) is 9.59 Å². The standard InChI is InChI=1S/C21H31NO4/c1-3-25-21(24)13-15-22(19-12-8-7-9-17(19)2)20(23)14-16-26-18-10-5-4-6-11-18/h4-6,10-11,17,19H,3,7-9,12-16H2,1-2H3. The quantitative estimate of drug-likeness (QED) is 0.628. The summed E-state index contributed by atoms with van der Waals surface area (Å²) >= 11 is 0. The van der Waals surface area contributed by atoms with E-state index < -0.39 is 0 Å². The molecule has 0 aromatic heterocycles. The van der Waals surface area contributed by atoms with Gasteiger partial charge in [0.15, 0.2) is 0 Å². The van der Waals surface area contributed by atoms with Crippen LogP contribution in [0.3, 0.4) is 0 Å². The minimum Gasteiger partial charge on any atom is -0.493 e. The number of hydrogen-bond donors (Lipinski definition) is 0. The Bertz CT molecular complexity index is 560. The highest BCUT2D eigenvalue weighted by Crippen LogP contribution is 2.28. The molecule has 144 valence electrons. The average molecular weight is 361 g/mol. The van der Waals surface area contributed by atoms with Crippen LogP contribution in [0.15, 0.2) is 30.3 Å². The van der Waals surface area contributed by atoms with Crippen molar-refractivity contribution < 1.29 is 19.1 Å². The van der Waals surface area contributed by atoms with E-state index in [-0.39, 0.29) is 24.3 Å². The van der Waals surface area contributed by atoms with Gasteiger partial charge in [0.25, 0.3) is 0 Å². The van der Waals surface area contributed by atoms with Crippen molar-refractivity contribution in [3.8, 4) is 5.75 Å². The molecule has 26 heavy (non-hydrogen) atoms. The Morgan fingerprint density at radius 1 is 1.12 bits per heavy atom. The predicted molar refractivity (Wildman–Crippen MR) is 101 cm³/mol. The van der Waals surface area contributed by atoms with Crippen LogP contribution in [0.25, 0.3) is 0 Å². The topological polar surface area (TPSA) is 55.8 Å². The van der Waals surface area contributed by atoms with Gasteiger partial charge in [0.05, 0.1) is 26.1 Å². The van der Waals surface area contributed by atoms with Crippen LogP contribution in [0.5, 0.6) is 5.75 Å². The van der Waals surface area contributed by atoms with E-state index in [9.17, 15) is 9.59 Å². The number of nitrogens with zero attached hydrogens (tertiary/aromatic N) is 1. The zero-order chi connectivity index (χ0) is 18.8. The van der Waals surface area contributed by atoms with E-state index in [0.717, 1.165) is 25.0 Å². The predicted octanol–water partition coefficient (Wildman–Crippen LogP) is 3.82. The molecule has 0 bridgehead atoms. The molecule has 2 atom stereocenters. The van der Waals surface area contributed by atoms with Crippen LogP contribution in [0.2, 0.25) is 0 Å². The van der Waals surface area contributed by atoms with Crippen molar-refractivity contribution in [3.63, 3.8) is 0 Å². The number of ether oxygens (including phenoxy) is 2. The first kappa shape index (κ1) is 20.3. The Labute approximate surface area is 156 Å². The van der Waals surface area contributed by atoms with Crippen LogP contribution in [0, 0.1) is 5.92 Å². The molecule has 1 aliphatic rings. The molecule has 2 rings (SSSR count). The minimum absolute atomic E-state index is 0.0592. The number of esters is 1. The molecule has 1 aromatic carbocycles. The van der Waals surface area contributed by atoms with Crippen LogP contribution in [0.4, 0.5) is 0 Å². The largest absolute Gasteiger partial charge is 0.493 e. The zero-order valence-corrected chi connectivity index (χ0v) is 16.0. The summed E-state index contributed by atoms with van der Waals surface area (Å²) in [6, 6.07) is 9.72. The summed E-state index contributed by atoms with van der Waals surface area (Å²) in [6.07, 6.45) is 5.07. The van der Waals surface area contributed by atoms with Crippen molar-refractivity contribution in [2.45, 2.75) is 58.4 Å². The molecule has 1 fully saturated rings. The van der Waals surface area contributed by atoms with E-state index in [0.29, 0.717) is 32.1 Å². The number of para-hydroxylation sites is 1. The number of rotatable bonds is 9. The van der Waals surface area contributed by atoms with E-state index in [1.165, 1.54) is 6.42 Å². The van der Waals surface area contributed by atoms with Crippen molar-refractivity contribution in [2.24, 2.45) is 5.92 Å². The van der Waals surface area contributed by atoms with E-state index >= 15 is 0 Å². The summed E-state index contributed by atoms with van der Waals surface area (Å²) in [6.45, 7) is 5.15. The number of carbonyl (C=O) groups is 2. The maximum absolute atomic E-state index is 12.8. The van der Waals surface area contributed by atoms with Crippen molar-refractivity contribution in [1.82, 2.24) is 4.90 Å². The maximum atomic E-state index is 12.8. The summed E-state index contributed by atoms with van der Waals surface area (Å²) < 4.78 is 10.7. The lowest BCUT2D eigenvalue weighted by Crippen LogP contribution is -2.46. The molecular weight excluding hydrogens is 330 g/mol. The third-order valence-corrected chi connectivity index (χ3v) is 4.98.